The summed E-state index contributed by atoms with van der Waals surface area (Å²) in [6.07, 6.45) is -0.781. The van der Waals surface area contributed by atoms with Gasteiger partial charge in [0.2, 0.25) is 9.84 Å². The number of fused-ring (bicyclic) bond motifs is 3. The summed E-state index contributed by atoms with van der Waals surface area (Å²) >= 11 is 0. The van der Waals surface area contributed by atoms with E-state index in [0.29, 0.717) is 18.7 Å². The number of sulfone groups is 1. The molecule has 2 unspecified atom stereocenters. The lowest BCUT2D eigenvalue weighted by Crippen LogP contribution is -2.45. The lowest BCUT2D eigenvalue weighted by Gasteiger charge is -2.32. The predicted octanol–water partition coefficient (Wildman–Crippen LogP) is 2.59. The number of piperidine rings is 1. The van der Waals surface area contributed by atoms with Crippen LogP contribution in [0, 0.1) is 5.82 Å². The second-order valence-corrected chi connectivity index (χ2v) is 8.58. The highest BCUT2D eigenvalue weighted by Gasteiger charge is 2.40. The molecule has 2 heterocycles. The molecule has 0 bridgehead atoms. The van der Waals surface area contributed by atoms with Crippen molar-refractivity contribution in [3.8, 4) is 11.5 Å². The Morgan fingerprint density at radius 3 is 2.67 bits per heavy atom. The van der Waals surface area contributed by atoms with Crippen molar-refractivity contribution < 1.29 is 32.6 Å². The Labute approximate surface area is 154 Å². The van der Waals surface area contributed by atoms with Crippen LogP contribution in [0.4, 0.5) is 9.18 Å². The molecule has 4 rings (SSSR count). The molecule has 1 fully saturated rings. The van der Waals surface area contributed by atoms with Crippen molar-refractivity contribution >= 4 is 15.9 Å². The van der Waals surface area contributed by atoms with Gasteiger partial charge >= 0.3 is 6.09 Å². The fraction of sp³-hybridized carbons (Fsp3) is 0.278. The first-order valence-electron chi connectivity index (χ1n) is 8.29. The van der Waals surface area contributed by atoms with Gasteiger partial charge in [0, 0.05) is 24.1 Å². The number of nitrogens with zero attached hydrogens (tertiary/aromatic N) is 1. The highest BCUT2D eigenvalue weighted by molar-refractivity contribution is 7.91. The van der Waals surface area contributed by atoms with Crippen LogP contribution in [0.2, 0.25) is 0 Å². The maximum atomic E-state index is 13.5. The second-order valence-electron chi connectivity index (χ2n) is 6.63. The molecule has 0 radical (unpaired) electrons. The Balaban J connectivity index is 1.67. The molecule has 2 N–H and O–H groups in total. The topological polar surface area (TPSA) is 104 Å². The Morgan fingerprint density at radius 2 is 1.96 bits per heavy atom. The van der Waals surface area contributed by atoms with Crippen LogP contribution in [0.25, 0.3) is 0 Å². The number of ether oxygens (including phenoxy) is 1. The van der Waals surface area contributed by atoms with Gasteiger partial charge in [0.25, 0.3) is 0 Å². The third kappa shape index (κ3) is 2.97. The maximum Gasteiger partial charge on any atom is 0.407 e. The van der Waals surface area contributed by atoms with E-state index in [-0.39, 0.29) is 28.4 Å². The zero-order valence-electron chi connectivity index (χ0n) is 14.0. The first-order valence-corrected chi connectivity index (χ1v) is 9.77. The first kappa shape index (κ1) is 17.6. The number of hydrogen-bond donors (Lipinski definition) is 2. The van der Waals surface area contributed by atoms with E-state index in [1.807, 2.05) is 0 Å². The summed E-state index contributed by atoms with van der Waals surface area (Å²) in [5, 5.41) is 18.6. The minimum atomic E-state index is -4.05. The molecule has 2 atom stereocenters. The number of phenols is 1. The van der Waals surface area contributed by atoms with Crippen molar-refractivity contribution in [3.05, 3.63) is 47.8 Å². The predicted molar refractivity (Wildman–Crippen MR) is 91.3 cm³/mol. The lowest BCUT2D eigenvalue weighted by molar-refractivity contribution is 0.0812. The minimum absolute atomic E-state index is 0.00516. The summed E-state index contributed by atoms with van der Waals surface area (Å²) in [6.45, 7) is 0.608. The van der Waals surface area contributed by atoms with Gasteiger partial charge in [0.1, 0.15) is 23.4 Å². The van der Waals surface area contributed by atoms with Gasteiger partial charge in [-0.15, -0.1) is 0 Å². The average molecular weight is 393 g/mol. The zero-order chi connectivity index (χ0) is 19.3. The molecule has 7 nitrogen and oxygen atoms in total. The molecule has 0 aliphatic carbocycles. The Kier molecular flexibility index (Phi) is 3.99. The van der Waals surface area contributed by atoms with Crippen LogP contribution in [0.1, 0.15) is 17.9 Å². The summed E-state index contributed by atoms with van der Waals surface area (Å²) in [5.74, 6) is -0.943. The van der Waals surface area contributed by atoms with Crippen LogP contribution in [-0.2, 0) is 9.84 Å². The number of likely N-dealkylation sites (tertiary alicyclic amines) is 1. The molecule has 0 spiro atoms. The molecule has 2 aliphatic rings. The quantitative estimate of drug-likeness (QED) is 0.813. The first-order chi connectivity index (χ1) is 12.8. The van der Waals surface area contributed by atoms with Crippen LogP contribution >= 0.6 is 0 Å². The van der Waals surface area contributed by atoms with Crippen molar-refractivity contribution in [3.63, 3.8) is 0 Å². The molecular weight excluding hydrogens is 377 g/mol. The van der Waals surface area contributed by atoms with E-state index < -0.39 is 27.5 Å². The van der Waals surface area contributed by atoms with Crippen LogP contribution in [0.15, 0.2) is 46.2 Å². The fourth-order valence-electron chi connectivity index (χ4n) is 3.66. The van der Waals surface area contributed by atoms with Gasteiger partial charge < -0.3 is 19.8 Å². The smallest absolute Gasteiger partial charge is 0.407 e. The van der Waals surface area contributed by atoms with Gasteiger partial charge in [0.05, 0.1) is 16.3 Å². The van der Waals surface area contributed by atoms with E-state index >= 15 is 0 Å². The number of aromatic hydroxyl groups is 1. The maximum absolute atomic E-state index is 13.5. The molecule has 2 aromatic rings. The van der Waals surface area contributed by atoms with Gasteiger partial charge in [-0.05, 0) is 30.7 Å². The third-order valence-corrected chi connectivity index (χ3v) is 6.70. The highest BCUT2D eigenvalue weighted by Crippen LogP contribution is 2.44. The van der Waals surface area contributed by atoms with E-state index in [1.54, 1.807) is 6.07 Å². The van der Waals surface area contributed by atoms with Crippen molar-refractivity contribution in [1.82, 2.24) is 4.90 Å². The standard InChI is InChI=1S/C18H16FNO6S/c19-10-5-11(21)7-13(6-10)27(24,25)12-1-2-14-15-3-4-20(18(22)23)9-17(15)26-16(14)8-12/h1-2,5-8,15,17,21H,3-4,9H2,(H,22,23). The number of hydrogen-bond acceptors (Lipinski definition) is 5. The van der Waals surface area contributed by atoms with Crippen molar-refractivity contribution in [2.75, 3.05) is 13.1 Å². The van der Waals surface area contributed by atoms with Crippen molar-refractivity contribution in [1.29, 1.82) is 0 Å². The Morgan fingerprint density at radius 1 is 1.19 bits per heavy atom. The normalized spacial score (nSPS) is 21.3. The molecule has 0 aromatic heterocycles. The number of carboxylic acid groups (broad SMARTS) is 1. The molecule has 0 saturated carbocycles. The van der Waals surface area contributed by atoms with Gasteiger partial charge in [-0.3, -0.25) is 0 Å². The molecule has 1 saturated heterocycles. The molecule has 1 amide bonds. The molecule has 9 heteroatoms. The molecule has 142 valence electrons. The van der Waals surface area contributed by atoms with Crippen LogP contribution < -0.4 is 4.74 Å². The largest absolute Gasteiger partial charge is 0.508 e. The van der Waals surface area contributed by atoms with Crippen LogP contribution in [0.3, 0.4) is 0 Å². The van der Waals surface area contributed by atoms with Gasteiger partial charge in [0.15, 0.2) is 0 Å². The van der Waals surface area contributed by atoms with E-state index in [0.717, 1.165) is 23.8 Å². The lowest BCUT2D eigenvalue weighted by atomic mass is 9.89. The Hall–Kier alpha value is -2.81. The fourth-order valence-corrected chi connectivity index (χ4v) is 4.98. The monoisotopic (exact) mass is 393 g/mol. The minimum Gasteiger partial charge on any atom is -0.508 e. The summed E-state index contributed by atoms with van der Waals surface area (Å²) in [7, 11) is -4.05. The number of phenolic OH excluding ortho intramolecular Hbond substituents is 1. The van der Waals surface area contributed by atoms with Gasteiger partial charge in [-0.1, -0.05) is 6.07 Å². The molecular formula is C18H16FNO6S. The summed E-state index contributed by atoms with van der Waals surface area (Å²) in [5.41, 5.74) is 0.839. The van der Waals surface area contributed by atoms with Gasteiger partial charge in [-0.25, -0.2) is 17.6 Å². The average Bonchev–Trinajstić information content (AvgIpc) is 2.97. The number of benzene rings is 2. The van der Waals surface area contributed by atoms with E-state index in [2.05, 4.69) is 0 Å². The van der Waals surface area contributed by atoms with Crippen molar-refractivity contribution in [2.24, 2.45) is 0 Å². The number of halogens is 1. The van der Waals surface area contributed by atoms with Crippen LogP contribution in [-0.4, -0.2) is 48.8 Å². The number of rotatable bonds is 2. The molecule has 2 aliphatic heterocycles. The number of amides is 1. The van der Waals surface area contributed by atoms with E-state index in [4.69, 9.17) is 9.84 Å². The van der Waals surface area contributed by atoms with Crippen molar-refractivity contribution in [2.45, 2.75) is 28.2 Å². The zero-order valence-corrected chi connectivity index (χ0v) is 14.8. The van der Waals surface area contributed by atoms with E-state index in [9.17, 15) is 22.7 Å². The summed E-state index contributed by atoms with van der Waals surface area (Å²) in [4.78, 5) is 12.0. The SMILES string of the molecule is O=C(O)N1CCC2c3ccc(S(=O)(=O)c4cc(O)cc(F)c4)cc3OC2C1. The van der Waals surface area contributed by atoms with Gasteiger partial charge in [-0.2, -0.15) is 0 Å². The summed E-state index contributed by atoms with van der Waals surface area (Å²) in [6, 6.07) is 7.10. The highest BCUT2D eigenvalue weighted by atomic mass is 32.2. The number of carbonyl (C=O) groups is 1. The third-order valence-electron chi connectivity index (χ3n) is 4.97. The second kappa shape index (κ2) is 6.12. The van der Waals surface area contributed by atoms with E-state index in [1.165, 1.54) is 17.0 Å². The molecule has 2 aromatic carbocycles. The van der Waals surface area contributed by atoms with Crippen LogP contribution in [0.5, 0.6) is 11.5 Å². The molecule has 27 heavy (non-hydrogen) atoms. The summed E-state index contributed by atoms with van der Waals surface area (Å²) < 4.78 is 44.9. The Bertz CT molecular complexity index is 1020.